The van der Waals surface area contributed by atoms with Crippen molar-refractivity contribution in [1.29, 1.82) is 0 Å². The third kappa shape index (κ3) is 5.10. The van der Waals surface area contributed by atoms with Crippen molar-refractivity contribution in [3.8, 4) is 10.6 Å². The van der Waals surface area contributed by atoms with E-state index < -0.39 is 0 Å². The van der Waals surface area contributed by atoms with Crippen LogP contribution in [0.3, 0.4) is 0 Å². The molecular formula is C20H24N6OS. The first-order valence-corrected chi connectivity index (χ1v) is 9.90. The number of hydrogen-bond donors (Lipinski definition) is 2. The Bertz CT molecular complexity index is 949. The number of thiazole rings is 1. The highest BCUT2D eigenvalue weighted by atomic mass is 32.1. The molecule has 28 heavy (non-hydrogen) atoms. The Labute approximate surface area is 168 Å². The molecule has 3 aromatic rings. The van der Waals surface area contributed by atoms with Gasteiger partial charge in [-0.1, -0.05) is 38.2 Å². The summed E-state index contributed by atoms with van der Waals surface area (Å²) in [4.78, 5) is 30.8. The number of urea groups is 1. The number of amides is 2. The minimum atomic E-state index is -0.283. The van der Waals surface area contributed by atoms with Gasteiger partial charge >= 0.3 is 6.03 Å². The summed E-state index contributed by atoms with van der Waals surface area (Å²) in [6.45, 7) is 8.64. The molecule has 0 aliphatic heterocycles. The van der Waals surface area contributed by atoms with Crippen molar-refractivity contribution >= 4 is 22.5 Å². The number of anilines is 1. The lowest BCUT2D eigenvalue weighted by atomic mass is 9.95. The van der Waals surface area contributed by atoms with Crippen LogP contribution >= 0.6 is 11.3 Å². The first-order chi connectivity index (χ1) is 13.3. The van der Waals surface area contributed by atoms with Crippen LogP contribution in [0.15, 0.2) is 36.7 Å². The molecule has 0 saturated heterocycles. The van der Waals surface area contributed by atoms with Gasteiger partial charge in [0.2, 0.25) is 0 Å². The number of carbonyl (C=O) groups excluding carboxylic acids is 1. The summed E-state index contributed by atoms with van der Waals surface area (Å²) >= 11 is 1.40. The predicted molar refractivity (Wildman–Crippen MR) is 112 cm³/mol. The molecule has 0 spiro atoms. The molecule has 8 heteroatoms. The number of nitrogens with one attached hydrogen (secondary N) is 2. The molecule has 0 fully saturated rings. The van der Waals surface area contributed by atoms with Crippen molar-refractivity contribution in [2.24, 2.45) is 0 Å². The topological polar surface area (TPSA) is 92.7 Å². The molecule has 146 valence electrons. The van der Waals surface area contributed by atoms with E-state index in [2.05, 4.69) is 51.3 Å². The molecule has 0 radical (unpaired) electrons. The van der Waals surface area contributed by atoms with Crippen molar-refractivity contribution < 1.29 is 4.79 Å². The van der Waals surface area contributed by atoms with Crippen molar-refractivity contribution in [3.63, 3.8) is 0 Å². The van der Waals surface area contributed by atoms with Gasteiger partial charge in [0.25, 0.3) is 0 Å². The van der Waals surface area contributed by atoms with Crippen LogP contribution in [0.4, 0.5) is 9.93 Å². The van der Waals surface area contributed by atoms with Crippen LogP contribution in [0.1, 0.15) is 38.0 Å². The first-order valence-electron chi connectivity index (χ1n) is 9.09. The van der Waals surface area contributed by atoms with E-state index >= 15 is 0 Å². The van der Waals surface area contributed by atoms with Crippen molar-refractivity contribution in [2.75, 3.05) is 11.9 Å². The Morgan fingerprint density at radius 3 is 2.64 bits per heavy atom. The van der Waals surface area contributed by atoms with Gasteiger partial charge < -0.3 is 5.32 Å². The van der Waals surface area contributed by atoms with Crippen LogP contribution in [0.2, 0.25) is 0 Å². The lowest BCUT2D eigenvalue weighted by Gasteiger charge is -2.16. The van der Waals surface area contributed by atoms with E-state index in [9.17, 15) is 4.79 Å². The molecule has 3 rings (SSSR count). The summed E-state index contributed by atoms with van der Waals surface area (Å²) < 4.78 is 0. The van der Waals surface area contributed by atoms with Gasteiger partial charge in [-0.2, -0.15) is 0 Å². The molecule has 0 aliphatic rings. The maximum atomic E-state index is 12.1. The average molecular weight is 397 g/mol. The van der Waals surface area contributed by atoms with Crippen molar-refractivity contribution in [2.45, 2.75) is 39.5 Å². The third-order valence-corrected chi connectivity index (χ3v) is 5.06. The van der Waals surface area contributed by atoms with Gasteiger partial charge in [0.15, 0.2) is 5.13 Å². The molecular weight excluding hydrogens is 372 g/mol. The molecule has 0 atom stereocenters. The second kappa shape index (κ2) is 8.43. The molecule has 0 aromatic carbocycles. The summed E-state index contributed by atoms with van der Waals surface area (Å²) in [6.07, 6.45) is 4.18. The van der Waals surface area contributed by atoms with Crippen molar-refractivity contribution in [1.82, 2.24) is 25.3 Å². The van der Waals surface area contributed by atoms with E-state index in [4.69, 9.17) is 0 Å². The minimum absolute atomic E-state index is 0.136. The normalized spacial score (nSPS) is 11.3. The van der Waals surface area contributed by atoms with Crippen LogP contribution < -0.4 is 10.6 Å². The smallest absolute Gasteiger partial charge is 0.321 e. The maximum Gasteiger partial charge on any atom is 0.321 e. The summed E-state index contributed by atoms with van der Waals surface area (Å²) in [6, 6.07) is 7.32. The molecule has 0 saturated carbocycles. The van der Waals surface area contributed by atoms with Gasteiger partial charge in [-0.15, -0.1) is 0 Å². The van der Waals surface area contributed by atoms with E-state index in [1.54, 1.807) is 12.4 Å². The van der Waals surface area contributed by atoms with Gasteiger partial charge in [0, 0.05) is 36.5 Å². The Morgan fingerprint density at radius 2 is 1.93 bits per heavy atom. The number of carbonyl (C=O) groups is 1. The number of hydrogen-bond acceptors (Lipinski definition) is 6. The fraction of sp³-hybridized carbons (Fsp3) is 0.350. The predicted octanol–water partition coefficient (Wildman–Crippen LogP) is 3.97. The Hall–Kier alpha value is -2.87. The Morgan fingerprint density at radius 1 is 1.11 bits per heavy atom. The lowest BCUT2D eigenvalue weighted by molar-refractivity contribution is 0.252. The second-order valence-corrected chi connectivity index (χ2v) is 8.40. The van der Waals surface area contributed by atoms with Crippen molar-refractivity contribution in [3.05, 3.63) is 53.9 Å². The molecule has 2 amide bonds. The Kier molecular flexibility index (Phi) is 5.99. The van der Waals surface area contributed by atoms with E-state index in [0.717, 1.165) is 27.8 Å². The van der Waals surface area contributed by atoms with Crippen LogP contribution in [-0.2, 0) is 11.8 Å². The van der Waals surface area contributed by atoms with E-state index in [1.165, 1.54) is 11.3 Å². The SMILES string of the molecule is Cc1nc(NC(=O)NCCc2ccccn2)sc1-c1ccnc(C(C)(C)C)n1. The highest BCUT2D eigenvalue weighted by Gasteiger charge is 2.19. The zero-order valence-electron chi connectivity index (χ0n) is 16.5. The summed E-state index contributed by atoms with van der Waals surface area (Å²) in [5, 5.41) is 6.17. The summed E-state index contributed by atoms with van der Waals surface area (Å²) in [5.41, 5.74) is 2.45. The zero-order chi connectivity index (χ0) is 20.1. The highest BCUT2D eigenvalue weighted by Crippen LogP contribution is 2.32. The fourth-order valence-corrected chi connectivity index (χ4v) is 3.46. The molecule has 3 aromatic heterocycles. The molecule has 0 aliphatic carbocycles. The molecule has 0 bridgehead atoms. The monoisotopic (exact) mass is 396 g/mol. The lowest BCUT2D eigenvalue weighted by Crippen LogP contribution is -2.30. The Balaban J connectivity index is 1.63. The van der Waals surface area contributed by atoms with Crippen LogP contribution in [0.25, 0.3) is 10.6 Å². The standard InChI is InChI=1S/C20H24N6OS/c1-13-16(15-9-12-22-17(25-15)20(2,3)4)28-19(24-13)26-18(27)23-11-8-14-7-5-6-10-21-14/h5-7,9-10,12H,8,11H2,1-4H3,(H2,23,24,26,27). The van der Waals surface area contributed by atoms with Crippen LogP contribution in [0.5, 0.6) is 0 Å². The fourth-order valence-electron chi connectivity index (χ4n) is 2.53. The second-order valence-electron chi connectivity index (χ2n) is 7.40. The van der Waals surface area contributed by atoms with Gasteiger partial charge in [-0.05, 0) is 25.1 Å². The zero-order valence-corrected chi connectivity index (χ0v) is 17.3. The number of pyridine rings is 1. The summed E-state index contributed by atoms with van der Waals surface area (Å²) in [5.74, 6) is 0.777. The van der Waals surface area contributed by atoms with Gasteiger partial charge in [-0.3, -0.25) is 10.3 Å². The summed E-state index contributed by atoms with van der Waals surface area (Å²) in [7, 11) is 0. The van der Waals surface area contributed by atoms with Crippen LogP contribution in [-0.4, -0.2) is 32.5 Å². The minimum Gasteiger partial charge on any atom is -0.337 e. The van der Waals surface area contributed by atoms with E-state index in [0.29, 0.717) is 18.1 Å². The largest absolute Gasteiger partial charge is 0.337 e. The van der Waals surface area contributed by atoms with E-state index in [1.807, 2.05) is 31.2 Å². The number of rotatable bonds is 5. The molecule has 2 N–H and O–H groups in total. The molecule has 3 heterocycles. The van der Waals surface area contributed by atoms with E-state index in [-0.39, 0.29) is 11.4 Å². The number of aromatic nitrogens is 4. The molecule has 0 unspecified atom stereocenters. The highest BCUT2D eigenvalue weighted by molar-refractivity contribution is 7.19. The van der Waals surface area contributed by atoms with Crippen LogP contribution in [0, 0.1) is 6.92 Å². The number of nitrogens with zero attached hydrogens (tertiary/aromatic N) is 4. The van der Waals surface area contributed by atoms with Gasteiger partial charge in [0.1, 0.15) is 5.82 Å². The number of aryl methyl sites for hydroxylation is 1. The average Bonchev–Trinajstić information content (AvgIpc) is 3.02. The maximum absolute atomic E-state index is 12.1. The van der Waals surface area contributed by atoms with Gasteiger partial charge in [-0.25, -0.2) is 19.7 Å². The molecule has 7 nitrogen and oxygen atoms in total. The third-order valence-electron chi connectivity index (χ3n) is 3.97. The first kappa shape index (κ1) is 19.9. The van der Waals surface area contributed by atoms with Gasteiger partial charge in [0.05, 0.1) is 16.3 Å². The quantitative estimate of drug-likeness (QED) is 0.681.